The van der Waals surface area contributed by atoms with Crippen molar-refractivity contribution < 1.29 is 9.53 Å². The molecule has 0 aliphatic carbocycles. The summed E-state index contributed by atoms with van der Waals surface area (Å²) in [5, 5.41) is 0. The van der Waals surface area contributed by atoms with Gasteiger partial charge in [-0.3, -0.25) is 4.79 Å². The summed E-state index contributed by atoms with van der Waals surface area (Å²) in [7, 11) is 0. The molecule has 0 aliphatic rings. The van der Waals surface area contributed by atoms with E-state index in [0.717, 1.165) is 16.5 Å². The zero-order valence-corrected chi connectivity index (χ0v) is 10.6. The number of benzene rings is 1. The van der Waals surface area contributed by atoms with Crippen LogP contribution in [-0.4, -0.2) is 5.97 Å². The highest BCUT2D eigenvalue weighted by atomic mass is 79.9. The molecular formula is C12H15BrO2. The number of carbonyl (C=O) groups excluding carboxylic acids is 1. The molecule has 1 unspecified atom stereocenters. The van der Waals surface area contributed by atoms with Crippen molar-refractivity contribution in [3.8, 4) is 0 Å². The summed E-state index contributed by atoms with van der Waals surface area (Å²) >= 11 is 3.43. The van der Waals surface area contributed by atoms with Crippen molar-refractivity contribution in [1.29, 1.82) is 0 Å². The van der Waals surface area contributed by atoms with Crippen LogP contribution >= 0.6 is 15.9 Å². The number of ether oxygens (including phenoxy) is 1. The standard InChI is InChI=1S/C12H15BrO2/c1-3-6-12(14)15-9(2)10-7-4-5-8-11(10)13/h4-5,7-9H,3,6H2,1-2H3. The molecule has 0 radical (unpaired) electrons. The van der Waals surface area contributed by atoms with Gasteiger partial charge in [0.05, 0.1) is 0 Å². The van der Waals surface area contributed by atoms with E-state index in [-0.39, 0.29) is 12.1 Å². The fourth-order valence-corrected chi connectivity index (χ4v) is 1.94. The van der Waals surface area contributed by atoms with Crippen LogP contribution in [0.5, 0.6) is 0 Å². The van der Waals surface area contributed by atoms with Gasteiger partial charge >= 0.3 is 5.97 Å². The van der Waals surface area contributed by atoms with Gasteiger partial charge in [0, 0.05) is 16.5 Å². The van der Waals surface area contributed by atoms with Gasteiger partial charge in [-0.15, -0.1) is 0 Å². The van der Waals surface area contributed by atoms with Crippen molar-refractivity contribution in [1.82, 2.24) is 0 Å². The Morgan fingerprint density at radius 1 is 1.47 bits per heavy atom. The van der Waals surface area contributed by atoms with E-state index in [2.05, 4.69) is 15.9 Å². The Labute approximate surface area is 98.8 Å². The first kappa shape index (κ1) is 12.2. The molecule has 1 atom stereocenters. The molecule has 0 saturated heterocycles. The summed E-state index contributed by atoms with van der Waals surface area (Å²) in [6.45, 7) is 3.85. The van der Waals surface area contributed by atoms with Crippen LogP contribution in [0.2, 0.25) is 0 Å². The van der Waals surface area contributed by atoms with E-state index >= 15 is 0 Å². The number of hydrogen-bond acceptors (Lipinski definition) is 2. The zero-order valence-electron chi connectivity index (χ0n) is 9.00. The van der Waals surface area contributed by atoms with Crippen molar-refractivity contribution in [2.75, 3.05) is 0 Å². The highest BCUT2D eigenvalue weighted by Crippen LogP contribution is 2.25. The van der Waals surface area contributed by atoms with Crippen molar-refractivity contribution in [2.24, 2.45) is 0 Å². The Hall–Kier alpha value is -0.830. The minimum atomic E-state index is -0.195. The number of rotatable bonds is 4. The van der Waals surface area contributed by atoms with E-state index in [1.54, 1.807) is 0 Å². The average molecular weight is 271 g/mol. The van der Waals surface area contributed by atoms with E-state index in [1.165, 1.54) is 0 Å². The highest BCUT2D eigenvalue weighted by Gasteiger charge is 2.12. The fraction of sp³-hybridized carbons (Fsp3) is 0.417. The van der Waals surface area contributed by atoms with Gasteiger partial charge in [0.1, 0.15) is 6.10 Å². The van der Waals surface area contributed by atoms with Crippen LogP contribution in [0.1, 0.15) is 38.4 Å². The fourth-order valence-electron chi connectivity index (χ4n) is 1.33. The summed E-state index contributed by atoms with van der Waals surface area (Å²) in [5.74, 6) is -0.138. The third kappa shape index (κ3) is 3.67. The van der Waals surface area contributed by atoms with E-state index in [4.69, 9.17) is 4.74 Å². The monoisotopic (exact) mass is 270 g/mol. The van der Waals surface area contributed by atoms with Gasteiger partial charge in [0.2, 0.25) is 0 Å². The molecule has 0 N–H and O–H groups in total. The molecule has 0 fully saturated rings. The van der Waals surface area contributed by atoms with Gasteiger partial charge in [0.25, 0.3) is 0 Å². The quantitative estimate of drug-likeness (QED) is 0.777. The SMILES string of the molecule is CCCC(=O)OC(C)c1ccccc1Br. The van der Waals surface area contributed by atoms with E-state index in [0.29, 0.717) is 6.42 Å². The molecule has 0 amide bonds. The van der Waals surface area contributed by atoms with E-state index < -0.39 is 0 Å². The van der Waals surface area contributed by atoms with Gasteiger partial charge in [-0.05, 0) is 19.4 Å². The Balaban J connectivity index is 2.65. The lowest BCUT2D eigenvalue weighted by atomic mass is 10.1. The number of esters is 1. The lowest BCUT2D eigenvalue weighted by Crippen LogP contribution is -2.08. The first-order valence-corrected chi connectivity index (χ1v) is 5.88. The zero-order chi connectivity index (χ0) is 11.3. The second kappa shape index (κ2) is 5.91. The maximum atomic E-state index is 11.3. The summed E-state index contributed by atoms with van der Waals surface area (Å²) < 4.78 is 6.26. The number of carbonyl (C=O) groups is 1. The number of hydrogen-bond donors (Lipinski definition) is 0. The van der Waals surface area contributed by atoms with Gasteiger partial charge in [0.15, 0.2) is 0 Å². The molecule has 82 valence electrons. The smallest absolute Gasteiger partial charge is 0.306 e. The van der Waals surface area contributed by atoms with Crippen LogP contribution in [0.3, 0.4) is 0 Å². The molecule has 0 aromatic heterocycles. The molecule has 1 aromatic rings. The summed E-state index contributed by atoms with van der Waals surface area (Å²) in [4.78, 5) is 11.3. The van der Waals surface area contributed by atoms with Gasteiger partial charge in [-0.1, -0.05) is 41.1 Å². The maximum Gasteiger partial charge on any atom is 0.306 e. The lowest BCUT2D eigenvalue weighted by Gasteiger charge is -2.14. The summed E-state index contributed by atoms with van der Waals surface area (Å²) in [6, 6.07) is 7.77. The first-order chi connectivity index (χ1) is 7.15. The highest BCUT2D eigenvalue weighted by molar-refractivity contribution is 9.10. The second-order valence-corrected chi connectivity index (χ2v) is 4.26. The predicted octanol–water partition coefficient (Wildman–Crippen LogP) is 3.85. The van der Waals surface area contributed by atoms with Crippen LogP contribution in [0.4, 0.5) is 0 Å². The van der Waals surface area contributed by atoms with Gasteiger partial charge in [-0.25, -0.2) is 0 Å². The lowest BCUT2D eigenvalue weighted by molar-refractivity contribution is -0.148. The average Bonchev–Trinajstić information content (AvgIpc) is 2.18. The van der Waals surface area contributed by atoms with Crippen LogP contribution in [0, 0.1) is 0 Å². The molecule has 0 aliphatic heterocycles. The van der Waals surface area contributed by atoms with Crippen molar-refractivity contribution >= 4 is 21.9 Å². The number of halogens is 1. The third-order valence-corrected chi connectivity index (χ3v) is 2.83. The maximum absolute atomic E-state index is 11.3. The molecule has 1 aromatic carbocycles. The van der Waals surface area contributed by atoms with Crippen LogP contribution in [-0.2, 0) is 9.53 Å². The van der Waals surface area contributed by atoms with Gasteiger partial charge in [-0.2, -0.15) is 0 Å². The summed E-state index contributed by atoms with van der Waals surface area (Å²) in [5.41, 5.74) is 1.00. The molecule has 0 spiro atoms. The van der Waals surface area contributed by atoms with Crippen molar-refractivity contribution in [3.63, 3.8) is 0 Å². The molecule has 0 heterocycles. The Kier molecular flexibility index (Phi) is 4.82. The largest absolute Gasteiger partial charge is 0.458 e. The molecule has 3 heteroatoms. The predicted molar refractivity (Wildman–Crippen MR) is 63.6 cm³/mol. The molecule has 0 saturated carbocycles. The van der Waals surface area contributed by atoms with Crippen molar-refractivity contribution in [2.45, 2.75) is 32.8 Å². The molecule has 15 heavy (non-hydrogen) atoms. The van der Waals surface area contributed by atoms with E-state index in [1.807, 2.05) is 38.1 Å². The van der Waals surface area contributed by atoms with Crippen LogP contribution < -0.4 is 0 Å². The minimum Gasteiger partial charge on any atom is -0.458 e. The molecule has 1 rings (SSSR count). The van der Waals surface area contributed by atoms with Crippen LogP contribution in [0.25, 0.3) is 0 Å². The Morgan fingerprint density at radius 2 is 2.13 bits per heavy atom. The van der Waals surface area contributed by atoms with Gasteiger partial charge < -0.3 is 4.74 Å². The topological polar surface area (TPSA) is 26.3 Å². The Bertz CT molecular complexity index is 336. The molecule has 2 nitrogen and oxygen atoms in total. The third-order valence-electron chi connectivity index (χ3n) is 2.11. The Morgan fingerprint density at radius 3 is 2.73 bits per heavy atom. The normalized spacial score (nSPS) is 12.2. The molecular weight excluding hydrogens is 256 g/mol. The minimum absolute atomic E-state index is 0.138. The molecule has 0 bridgehead atoms. The van der Waals surface area contributed by atoms with E-state index in [9.17, 15) is 4.79 Å². The first-order valence-electron chi connectivity index (χ1n) is 5.09. The second-order valence-electron chi connectivity index (χ2n) is 3.40. The van der Waals surface area contributed by atoms with Crippen molar-refractivity contribution in [3.05, 3.63) is 34.3 Å². The summed E-state index contributed by atoms with van der Waals surface area (Å²) in [6.07, 6.45) is 1.11. The van der Waals surface area contributed by atoms with Crippen LogP contribution in [0.15, 0.2) is 28.7 Å².